The first-order chi connectivity index (χ1) is 17.4. The average molecular weight is 501 g/mol. The van der Waals surface area contributed by atoms with Crippen LogP contribution in [0.2, 0.25) is 0 Å². The van der Waals surface area contributed by atoms with Gasteiger partial charge in [0, 0.05) is 24.0 Å². The van der Waals surface area contributed by atoms with Crippen LogP contribution in [-0.2, 0) is 4.79 Å². The molecule has 0 fully saturated rings. The molecule has 0 aliphatic heterocycles. The predicted octanol–water partition coefficient (Wildman–Crippen LogP) is 6.71. The van der Waals surface area contributed by atoms with Crippen LogP contribution in [0.3, 0.4) is 0 Å². The second-order valence-corrected chi connectivity index (χ2v) is 9.44. The third-order valence-electron chi connectivity index (χ3n) is 5.85. The van der Waals surface area contributed by atoms with E-state index in [1.807, 2.05) is 80.6 Å². The summed E-state index contributed by atoms with van der Waals surface area (Å²) in [5, 5.41) is 3.37. The number of thiazole rings is 1. The molecule has 4 aromatic rings. The topological polar surface area (TPSA) is 77.5 Å². The first-order valence-corrected chi connectivity index (χ1v) is 12.4. The van der Waals surface area contributed by atoms with E-state index < -0.39 is 0 Å². The molecule has 1 aromatic heterocycles. The summed E-state index contributed by atoms with van der Waals surface area (Å²) in [7, 11) is 3.25. The van der Waals surface area contributed by atoms with Crippen LogP contribution < -0.4 is 14.8 Å². The summed E-state index contributed by atoms with van der Waals surface area (Å²) >= 11 is 1.39. The molecule has 0 unspecified atom stereocenters. The molecule has 0 saturated heterocycles. The van der Waals surface area contributed by atoms with Gasteiger partial charge in [0.15, 0.2) is 10.9 Å². The van der Waals surface area contributed by atoms with Crippen molar-refractivity contribution in [1.82, 2.24) is 4.98 Å². The van der Waals surface area contributed by atoms with E-state index in [1.54, 1.807) is 14.2 Å². The van der Waals surface area contributed by atoms with E-state index >= 15 is 0 Å². The van der Waals surface area contributed by atoms with Gasteiger partial charge in [-0.2, -0.15) is 0 Å². The zero-order valence-corrected chi connectivity index (χ0v) is 21.6. The zero-order valence-electron chi connectivity index (χ0n) is 20.8. The molecule has 4 rings (SSSR count). The Kier molecular flexibility index (Phi) is 7.80. The smallest absolute Gasteiger partial charge is 0.226 e. The highest BCUT2D eigenvalue weighted by Crippen LogP contribution is 2.40. The molecule has 0 aliphatic rings. The van der Waals surface area contributed by atoms with Gasteiger partial charge in [-0.3, -0.25) is 9.59 Å². The Balaban J connectivity index is 1.54. The molecule has 6 nitrogen and oxygen atoms in total. The molecule has 1 N–H and O–H groups in total. The number of aryl methyl sites for hydroxylation is 2. The molecule has 0 bridgehead atoms. The Hall–Kier alpha value is -3.97. The van der Waals surface area contributed by atoms with E-state index in [0.29, 0.717) is 10.7 Å². The second kappa shape index (κ2) is 11.2. The minimum absolute atomic E-state index is 0.0420. The molecule has 0 saturated carbocycles. The average Bonchev–Trinajstić information content (AvgIpc) is 3.31. The third kappa shape index (κ3) is 5.80. The van der Waals surface area contributed by atoms with Crippen molar-refractivity contribution in [3.63, 3.8) is 0 Å². The lowest BCUT2D eigenvalue weighted by Crippen LogP contribution is -2.13. The van der Waals surface area contributed by atoms with Gasteiger partial charge >= 0.3 is 0 Å². The Morgan fingerprint density at radius 3 is 2.03 bits per heavy atom. The van der Waals surface area contributed by atoms with Crippen LogP contribution in [0.5, 0.6) is 11.5 Å². The van der Waals surface area contributed by atoms with Crippen molar-refractivity contribution in [3.05, 3.63) is 83.4 Å². The summed E-state index contributed by atoms with van der Waals surface area (Å²) in [4.78, 5) is 31.0. The van der Waals surface area contributed by atoms with Gasteiger partial charge in [0.25, 0.3) is 0 Å². The fraction of sp³-hybridized carbons (Fsp3) is 0.207. The van der Waals surface area contributed by atoms with E-state index in [1.165, 1.54) is 11.3 Å². The highest BCUT2D eigenvalue weighted by atomic mass is 32.1. The van der Waals surface area contributed by atoms with Gasteiger partial charge in [-0.05, 0) is 73.5 Å². The molecular weight excluding hydrogens is 472 g/mol. The minimum atomic E-state index is -0.246. The van der Waals surface area contributed by atoms with Gasteiger partial charge in [-0.15, -0.1) is 0 Å². The SMILES string of the molecule is COc1ccc(-c2nc(NC(=O)CCC(=O)c3ccc(C)cc3C)sc2-c2ccc(OC)cc2)cc1. The van der Waals surface area contributed by atoms with Crippen LogP contribution in [0, 0.1) is 13.8 Å². The lowest BCUT2D eigenvalue weighted by atomic mass is 9.99. The molecule has 1 heterocycles. The number of aromatic nitrogens is 1. The summed E-state index contributed by atoms with van der Waals surface area (Å²) < 4.78 is 10.6. The van der Waals surface area contributed by atoms with Crippen LogP contribution >= 0.6 is 11.3 Å². The number of ketones is 1. The number of Topliss-reactive ketones (excluding diaryl/α,β-unsaturated/α-hetero) is 1. The first-order valence-electron chi connectivity index (χ1n) is 11.6. The van der Waals surface area contributed by atoms with Crippen molar-refractivity contribution in [2.24, 2.45) is 0 Å². The number of methoxy groups -OCH3 is 2. The van der Waals surface area contributed by atoms with Crippen LogP contribution in [-0.4, -0.2) is 30.9 Å². The third-order valence-corrected chi connectivity index (χ3v) is 6.87. The second-order valence-electron chi connectivity index (χ2n) is 8.44. The number of hydrogen-bond donors (Lipinski definition) is 1. The molecule has 0 radical (unpaired) electrons. The van der Waals surface area contributed by atoms with Crippen LogP contribution in [0.4, 0.5) is 5.13 Å². The molecule has 0 aliphatic carbocycles. The highest BCUT2D eigenvalue weighted by molar-refractivity contribution is 7.19. The standard InChI is InChI=1S/C29H28N2O4S/c1-18-5-14-24(19(2)17-18)25(32)15-16-26(33)30-29-31-27(20-6-10-22(34-3)11-7-20)28(36-29)21-8-12-23(35-4)13-9-21/h5-14,17H,15-16H2,1-4H3,(H,30,31,33). The van der Waals surface area contributed by atoms with Crippen molar-refractivity contribution in [2.45, 2.75) is 26.7 Å². The summed E-state index contributed by atoms with van der Waals surface area (Å²) in [5.74, 6) is 1.22. The Morgan fingerprint density at radius 1 is 0.833 bits per heavy atom. The largest absolute Gasteiger partial charge is 0.497 e. The van der Waals surface area contributed by atoms with E-state index in [0.717, 1.165) is 44.3 Å². The Labute approximate surface area is 214 Å². The Bertz CT molecular complexity index is 1310. The maximum Gasteiger partial charge on any atom is 0.226 e. The molecular formula is C29H28N2O4S. The number of carbonyl (C=O) groups excluding carboxylic acids is 2. The number of nitrogens with zero attached hydrogens (tertiary/aromatic N) is 1. The molecule has 1 amide bonds. The van der Waals surface area contributed by atoms with Crippen molar-refractivity contribution in [2.75, 3.05) is 19.5 Å². The van der Waals surface area contributed by atoms with Crippen molar-refractivity contribution >= 4 is 28.2 Å². The number of carbonyl (C=O) groups is 2. The molecule has 7 heteroatoms. The number of ether oxygens (including phenoxy) is 2. The number of nitrogens with one attached hydrogen (secondary N) is 1. The van der Waals surface area contributed by atoms with Gasteiger partial charge in [-0.25, -0.2) is 4.98 Å². The Morgan fingerprint density at radius 2 is 1.44 bits per heavy atom. The number of amides is 1. The van der Waals surface area contributed by atoms with Gasteiger partial charge in [0.2, 0.25) is 5.91 Å². The molecule has 0 atom stereocenters. The van der Waals surface area contributed by atoms with Crippen LogP contribution in [0.15, 0.2) is 66.7 Å². The molecule has 36 heavy (non-hydrogen) atoms. The van der Waals surface area contributed by atoms with Gasteiger partial charge in [0.1, 0.15) is 11.5 Å². The molecule has 3 aromatic carbocycles. The van der Waals surface area contributed by atoms with Gasteiger partial charge in [0.05, 0.1) is 24.8 Å². The fourth-order valence-corrected chi connectivity index (χ4v) is 4.94. The van der Waals surface area contributed by atoms with Crippen molar-refractivity contribution < 1.29 is 19.1 Å². The summed E-state index contributed by atoms with van der Waals surface area (Å²) in [5.41, 5.74) is 5.31. The monoisotopic (exact) mass is 500 g/mol. The summed E-state index contributed by atoms with van der Waals surface area (Å²) in [6.45, 7) is 3.90. The quantitative estimate of drug-likeness (QED) is 0.258. The minimum Gasteiger partial charge on any atom is -0.497 e. The summed E-state index contributed by atoms with van der Waals surface area (Å²) in [6, 6.07) is 21.1. The number of hydrogen-bond acceptors (Lipinski definition) is 6. The number of benzene rings is 3. The zero-order chi connectivity index (χ0) is 25.7. The normalized spacial score (nSPS) is 10.7. The van der Waals surface area contributed by atoms with E-state index in [9.17, 15) is 9.59 Å². The maximum atomic E-state index is 12.7. The number of anilines is 1. The van der Waals surface area contributed by atoms with E-state index in [-0.39, 0.29) is 24.5 Å². The number of rotatable bonds is 9. The molecule has 184 valence electrons. The van der Waals surface area contributed by atoms with E-state index in [4.69, 9.17) is 14.5 Å². The van der Waals surface area contributed by atoms with Gasteiger partial charge in [-0.1, -0.05) is 35.1 Å². The highest BCUT2D eigenvalue weighted by Gasteiger charge is 2.18. The van der Waals surface area contributed by atoms with Crippen LogP contribution in [0.1, 0.15) is 34.3 Å². The lowest BCUT2D eigenvalue weighted by Gasteiger charge is -2.06. The van der Waals surface area contributed by atoms with Crippen LogP contribution in [0.25, 0.3) is 21.7 Å². The van der Waals surface area contributed by atoms with Crippen molar-refractivity contribution in [1.29, 1.82) is 0 Å². The summed E-state index contributed by atoms with van der Waals surface area (Å²) in [6.07, 6.45) is 0.221. The fourth-order valence-electron chi connectivity index (χ4n) is 3.93. The lowest BCUT2D eigenvalue weighted by molar-refractivity contribution is -0.116. The maximum absolute atomic E-state index is 12.7. The molecule has 0 spiro atoms. The van der Waals surface area contributed by atoms with E-state index in [2.05, 4.69) is 5.32 Å². The first kappa shape index (κ1) is 25.1. The predicted molar refractivity (Wildman–Crippen MR) is 144 cm³/mol. The van der Waals surface area contributed by atoms with Crippen molar-refractivity contribution in [3.8, 4) is 33.2 Å². The van der Waals surface area contributed by atoms with Gasteiger partial charge < -0.3 is 14.8 Å².